The summed E-state index contributed by atoms with van der Waals surface area (Å²) in [6.07, 6.45) is 1.40. The summed E-state index contributed by atoms with van der Waals surface area (Å²) in [7, 11) is 0. The highest BCUT2D eigenvalue weighted by Crippen LogP contribution is 2.34. The second-order valence-corrected chi connectivity index (χ2v) is 5.81. The quantitative estimate of drug-likeness (QED) is 0.823. The number of nitrogens with two attached hydrogens (primary N) is 1. The van der Waals surface area contributed by atoms with E-state index in [1.54, 1.807) is 0 Å². The molecule has 1 unspecified atom stereocenters. The third kappa shape index (κ3) is 3.07. The SMILES string of the molecule is CCC(=O)c1sc(N2CCC(NC(C)=O)C2)cc1N. The van der Waals surface area contributed by atoms with Crippen molar-refractivity contribution in [3.05, 3.63) is 10.9 Å². The molecule has 0 aromatic carbocycles. The number of rotatable bonds is 4. The Morgan fingerprint density at radius 2 is 2.32 bits per heavy atom. The molecular weight excluding hydrogens is 262 g/mol. The second kappa shape index (κ2) is 5.61. The van der Waals surface area contributed by atoms with E-state index >= 15 is 0 Å². The molecule has 1 fully saturated rings. The number of thiophene rings is 1. The van der Waals surface area contributed by atoms with Gasteiger partial charge in [-0.15, -0.1) is 11.3 Å². The topological polar surface area (TPSA) is 75.4 Å². The molecule has 0 radical (unpaired) electrons. The lowest BCUT2D eigenvalue weighted by Gasteiger charge is -2.16. The Hall–Kier alpha value is -1.56. The zero-order chi connectivity index (χ0) is 14.0. The molecule has 3 N–H and O–H groups in total. The summed E-state index contributed by atoms with van der Waals surface area (Å²) in [6.45, 7) is 5.03. The maximum absolute atomic E-state index is 11.7. The van der Waals surface area contributed by atoms with Gasteiger partial charge < -0.3 is 16.0 Å². The number of nitrogens with zero attached hydrogens (tertiary/aromatic N) is 1. The van der Waals surface area contributed by atoms with Gasteiger partial charge in [0.2, 0.25) is 5.91 Å². The number of carbonyl (C=O) groups excluding carboxylic acids is 2. The van der Waals surface area contributed by atoms with Crippen LogP contribution in [0.25, 0.3) is 0 Å². The van der Waals surface area contributed by atoms with E-state index in [1.165, 1.54) is 18.3 Å². The molecule has 2 heterocycles. The number of hydrogen-bond donors (Lipinski definition) is 2. The predicted molar refractivity (Wildman–Crippen MR) is 77.8 cm³/mol. The predicted octanol–water partition coefficient (Wildman–Crippen LogP) is 1.64. The molecule has 1 aromatic rings. The molecule has 0 spiro atoms. The van der Waals surface area contributed by atoms with Gasteiger partial charge in [0.25, 0.3) is 0 Å². The first-order chi connectivity index (χ1) is 9.01. The minimum atomic E-state index is -0.000562. The average Bonchev–Trinajstić information content (AvgIpc) is 2.94. The Morgan fingerprint density at radius 1 is 1.58 bits per heavy atom. The lowest BCUT2D eigenvalue weighted by Crippen LogP contribution is -2.35. The Labute approximate surface area is 116 Å². The molecule has 1 aromatic heterocycles. The number of anilines is 2. The fourth-order valence-corrected chi connectivity index (χ4v) is 3.42. The van der Waals surface area contributed by atoms with Gasteiger partial charge in [-0.2, -0.15) is 0 Å². The summed E-state index contributed by atoms with van der Waals surface area (Å²) < 4.78 is 0. The minimum absolute atomic E-state index is 0.000562. The zero-order valence-electron chi connectivity index (χ0n) is 11.2. The van der Waals surface area contributed by atoms with Crippen molar-refractivity contribution < 1.29 is 9.59 Å². The van der Waals surface area contributed by atoms with Gasteiger partial charge in [-0.3, -0.25) is 9.59 Å². The fourth-order valence-electron chi connectivity index (χ4n) is 2.29. The number of amides is 1. The van der Waals surface area contributed by atoms with Gasteiger partial charge >= 0.3 is 0 Å². The maximum atomic E-state index is 11.7. The highest BCUT2D eigenvalue weighted by atomic mass is 32.1. The number of ketones is 1. The van der Waals surface area contributed by atoms with E-state index in [2.05, 4.69) is 10.2 Å². The molecule has 0 saturated carbocycles. The van der Waals surface area contributed by atoms with Crippen molar-refractivity contribution >= 4 is 33.7 Å². The standard InChI is InChI=1S/C13H19N3O2S/c1-3-11(18)13-10(14)6-12(19-13)16-5-4-9(7-16)15-8(2)17/h6,9H,3-5,7,14H2,1-2H3,(H,15,17). The molecule has 1 amide bonds. The molecule has 104 valence electrons. The molecule has 1 saturated heterocycles. The van der Waals surface area contributed by atoms with Crippen LogP contribution in [0.2, 0.25) is 0 Å². The van der Waals surface area contributed by atoms with Crippen LogP contribution in [-0.2, 0) is 4.79 Å². The monoisotopic (exact) mass is 281 g/mol. The molecule has 2 rings (SSSR count). The first-order valence-corrected chi connectivity index (χ1v) is 7.27. The van der Waals surface area contributed by atoms with E-state index in [9.17, 15) is 9.59 Å². The van der Waals surface area contributed by atoms with Gasteiger partial charge in [0, 0.05) is 32.5 Å². The molecule has 5 nitrogen and oxygen atoms in total. The number of nitrogens with one attached hydrogen (secondary N) is 1. The molecule has 0 aliphatic carbocycles. The molecule has 1 aliphatic heterocycles. The van der Waals surface area contributed by atoms with E-state index in [1.807, 2.05) is 13.0 Å². The van der Waals surface area contributed by atoms with Crippen molar-refractivity contribution in [1.29, 1.82) is 0 Å². The summed E-state index contributed by atoms with van der Waals surface area (Å²) >= 11 is 1.45. The summed E-state index contributed by atoms with van der Waals surface area (Å²) in [4.78, 5) is 25.6. The van der Waals surface area contributed by atoms with Crippen molar-refractivity contribution in [1.82, 2.24) is 5.32 Å². The molecule has 1 aliphatic rings. The van der Waals surface area contributed by atoms with Gasteiger partial charge in [0.05, 0.1) is 15.6 Å². The number of carbonyl (C=O) groups is 2. The van der Waals surface area contributed by atoms with Crippen molar-refractivity contribution in [3.63, 3.8) is 0 Å². The van der Waals surface area contributed by atoms with Gasteiger partial charge in [0.15, 0.2) is 5.78 Å². The van der Waals surface area contributed by atoms with Crippen LogP contribution in [0, 0.1) is 0 Å². The first-order valence-electron chi connectivity index (χ1n) is 6.45. The molecule has 6 heteroatoms. The van der Waals surface area contributed by atoms with Crippen LogP contribution < -0.4 is 16.0 Å². The number of Topliss-reactive ketones (excluding diaryl/α,β-unsaturated/α-hetero) is 1. The summed E-state index contributed by atoms with van der Waals surface area (Å²) in [6, 6.07) is 2.05. The Kier molecular flexibility index (Phi) is 4.09. The zero-order valence-corrected chi connectivity index (χ0v) is 12.0. The molecular formula is C13H19N3O2S. The Morgan fingerprint density at radius 3 is 2.95 bits per heavy atom. The first kappa shape index (κ1) is 13.9. The lowest BCUT2D eigenvalue weighted by molar-refractivity contribution is -0.119. The van der Waals surface area contributed by atoms with Crippen molar-refractivity contribution in [2.45, 2.75) is 32.7 Å². The molecule has 19 heavy (non-hydrogen) atoms. The van der Waals surface area contributed by atoms with Crippen LogP contribution in [0.5, 0.6) is 0 Å². The molecule has 0 bridgehead atoms. The summed E-state index contributed by atoms with van der Waals surface area (Å²) in [5.74, 6) is 0.0887. The van der Waals surface area contributed by atoms with Crippen LogP contribution in [-0.4, -0.2) is 30.8 Å². The van der Waals surface area contributed by atoms with E-state index in [-0.39, 0.29) is 17.7 Å². The van der Waals surface area contributed by atoms with Crippen LogP contribution in [0.4, 0.5) is 10.7 Å². The van der Waals surface area contributed by atoms with E-state index in [4.69, 9.17) is 5.73 Å². The van der Waals surface area contributed by atoms with E-state index in [0.717, 1.165) is 24.5 Å². The fraction of sp³-hybridized carbons (Fsp3) is 0.538. The smallest absolute Gasteiger partial charge is 0.217 e. The average molecular weight is 281 g/mol. The van der Waals surface area contributed by atoms with Crippen molar-refractivity contribution in [3.8, 4) is 0 Å². The Bertz CT molecular complexity index is 498. The maximum Gasteiger partial charge on any atom is 0.217 e. The van der Waals surface area contributed by atoms with Gasteiger partial charge in [0.1, 0.15) is 0 Å². The highest BCUT2D eigenvalue weighted by molar-refractivity contribution is 7.18. The third-order valence-electron chi connectivity index (χ3n) is 3.23. The van der Waals surface area contributed by atoms with Crippen LogP contribution in [0.1, 0.15) is 36.4 Å². The van der Waals surface area contributed by atoms with Crippen molar-refractivity contribution in [2.75, 3.05) is 23.7 Å². The third-order valence-corrected chi connectivity index (χ3v) is 4.48. The Balaban J connectivity index is 2.07. The van der Waals surface area contributed by atoms with Crippen LogP contribution in [0.3, 0.4) is 0 Å². The minimum Gasteiger partial charge on any atom is -0.397 e. The summed E-state index contributed by atoms with van der Waals surface area (Å²) in [5, 5.41) is 3.94. The van der Waals surface area contributed by atoms with E-state index < -0.39 is 0 Å². The van der Waals surface area contributed by atoms with Gasteiger partial charge in [-0.25, -0.2) is 0 Å². The number of nitrogen functional groups attached to an aromatic ring is 1. The van der Waals surface area contributed by atoms with Gasteiger partial charge in [-0.1, -0.05) is 6.92 Å². The second-order valence-electron chi connectivity index (χ2n) is 4.78. The lowest BCUT2D eigenvalue weighted by atomic mass is 10.2. The van der Waals surface area contributed by atoms with Crippen LogP contribution in [0.15, 0.2) is 6.07 Å². The van der Waals surface area contributed by atoms with Crippen LogP contribution >= 0.6 is 11.3 Å². The largest absolute Gasteiger partial charge is 0.397 e. The van der Waals surface area contributed by atoms with Crippen molar-refractivity contribution in [2.24, 2.45) is 0 Å². The summed E-state index contributed by atoms with van der Waals surface area (Å²) in [5.41, 5.74) is 6.46. The van der Waals surface area contributed by atoms with E-state index in [0.29, 0.717) is 17.0 Å². The van der Waals surface area contributed by atoms with Gasteiger partial charge in [-0.05, 0) is 12.5 Å². The highest BCUT2D eigenvalue weighted by Gasteiger charge is 2.25. The molecule has 1 atom stereocenters. The normalized spacial score (nSPS) is 18.6. The number of hydrogen-bond acceptors (Lipinski definition) is 5.